The number of aryl methyl sites for hydroxylation is 1. The molecule has 0 saturated heterocycles. The van der Waals surface area contributed by atoms with Crippen molar-refractivity contribution in [1.29, 1.82) is 0 Å². The summed E-state index contributed by atoms with van der Waals surface area (Å²) in [6.07, 6.45) is 4.07. The van der Waals surface area contributed by atoms with Crippen molar-refractivity contribution in [2.24, 2.45) is 16.7 Å². The lowest BCUT2D eigenvalue weighted by Crippen LogP contribution is -2.26. The SMILES string of the molecule is Cc1cc(O)ccc1C1CC2(C)CCC1C2(C)C. The number of phenolic OH excluding ortho intramolecular Hbond substituents is 1. The van der Waals surface area contributed by atoms with E-state index in [1.165, 1.54) is 30.4 Å². The molecule has 2 bridgehead atoms. The second-order valence-corrected chi connectivity index (χ2v) is 7.28. The summed E-state index contributed by atoms with van der Waals surface area (Å²) in [4.78, 5) is 0. The fourth-order valence-corrected chi connectivity index (χ4v) is 4.70. The highest BCUT2D eigenvalue weighted by Gasteiger charge is 2.60. The third-order valence-corrected chi connectivity index (χ3v) is 6.30. The normalized spacial score (nSPS) is 37.1. The van der Waals surface area contributed by atoms with Gasteiger partial charge in [0.25, 0.3) is 0 Å². The monoisotopic (exact) mass is 244 g/mol. The van der Waals surface area contributed by atoms with Crippen LogP contribution in [0.2, 0.25) is 0 Å². The van der Waals surface area contributed by atoms with Crippen molar-refractivity contribution in [2.45, 2.75) is 52.9 Å². The Bertz CT molecular complexity index is 486. The molecular weight excluding hydrogens is 220 g/mol. The third-order valence-electron chi connectivity index (χ3n) is 6.30. The van der Waals surface area contributed by atoms with E-state index in [2.05, 4.69) is 33.8 Å². The van der Waals surface area contributed by atoms with Crippen LogP contribution in [0, 0.1) is 23.7 Å². The van der Waals surface area contributed by atoms with Gasteiger partial charge < -0.3 is 5.11 Å². The van der Waals surface area contributed by atoms with Crippen LogP contribution in [0.5, 0.6) is 5.75 Å². The largest absolute Gasteiger partial charge is 0.508 e. The van der Waals surface area contributed by atoms with Crippen molar-refractivity contribution in [3.63, 3.8) is 0 Å². The minimum atomic E-state index is 0.393. The van der Waals surface area contributed by atoms with Crippen molar-refractivity contribution in [1.82, 2.24) is 0 Å². The topological polar surface area (TPSA) is 20.2 Å². The number of benzene rings is 1. The summed E-state index contributed by atoms with van der Waals surface area (Å²) >= 11 is 0. The van der Waals surface area contributed by atoms with Crippen molar-refractivity contribution in [3.05, 3.63) is 29.3 Å². The summed E-state index contributed by atoms with van der Waals surface area (Å²) in [7, 11) is 0. The van der Waals surface area contributed by atoms with E-state index >= 15 is 0 Å². The molecular formula is C17H24O. The van der Waals surface area contributed by atoms with E-state index in [1.807, 2.05) is 12.1 Å². The van der Waals surface area contributed by atoms with Crippen LogP contribution in [-0.4, -0.2) is 5.11 Å². The summed E-state index contributed by atoms with van der Waals surface area (Å²) in [5.74, 6) is 1.90. The molecule has 1 aromatic rings. The van der Waals surface area contributed by atoms with Crippen LogP contribution in [0.3, 0.4) is 0 Å². The van der Waals surface area contributed by atoms with Gasteiger partial charge in [0.2, 0.25) is 0 Å². The summed E-state index contributed by atoms with van der Waals surface area (Å²) in [5.41, 5.74) is 3.69. The van der Waals surface area contributed by atoms with Crippen molar-refractivity contribution < 1.29 is 5.11 Å². The molecule has 2 aliphatic rings. The van der Waals surface area contributed by atoms with Crippen molar-refractivity contribution in [2.75, 3.05) is 0 Å². The Morgan fingerprint density at radius 1 is 1.22 bits per heavy atom. The van der Waals surface area contributed by atoms with Gasteiger partial charge in [0.05, 0.1) is 0 Å². The summed E-state index contributed by atoms with van der Waals surface area (Å²) in [6, 6.07) is 5.91. The Kier molecular flexibility index (Phi) is 2.36. The zero-order valence-corrected chi connectivity index (χ0v) is 12.0. The van der Waals surface area contributed by atoms with E-state index in [-0.39, 0.29) is 0 Å². The number of hydrogen-bond acceptors (Lipinski definition) is 1. The molecule has 1 aromatic carbocycles. The molecule has 0 amide bonds. The second kappa shape index (κ2) is 3.53. The Balaban J connectivity index is 2.01. The highest BCUT2D eigenvalue weighted by atomic mass is 16.3. The molecule has 1 N–H and O–H groups in total. The van der Waals surface area contributed by atoms with Crippen LogP contribution >= 0.6 is 0 Å². The number of fused-ring (bicyclic) bond motifs is 2. The molecule has 2 fully saturated rings. The zero-order chi connectivity index (χ0) is 13.1. The van der Waals surface area contributed by atoms with Crippen LogP contribution in [0.1, 0.15) is 57.1 Å². The predicted molar refractivity (Wildman–Crippen MR) is 74.8 cm³/mol. The van der Waals surface area contributed by atoms with Crippen LogP contribution in [-0.2, 0) is 0 Å². The maximum atomic E-state index is 9.57. The van der Waals surface area contributed by atoms with Crippen molar-refractivity contribution >= 4 is 0 Å². The number of hydrogen-bond donors (Lipinski definition) is 1. The predicted octanol–water partition coefficient (Wildman–Crippen LogP) is 4.63. The highest BCUT2D eigenvalue weighted by molar-refractivity contribution is 5.38. The molecule has 3 atom stereocenters. The first-order chi connectivity index (χ1) is 8.35. The van der Waals surface area contributed by atoms with E-state index in [0.29, 0.717) is 22.5 Å². The smallest absolute Gasteiger partial charge is 0.115 e. The second-order valence-electron chi connectivity index (χ2n) is 7.28. The molecule has 1 heteroatoms. The van der Waals surface area contributed by atoms with Crippen LogP contribution < -0.4 is 0 Å². The van der Waals surface area contributed by atoms with Gasteiger partial charge in [0.1, 0.15) is 5.75 Å². The molecule has 0 aromatic heterocycles. The lowest BCUT2D eigenvalue weighted by Gasteiger charge is -2.34. The molecule has 3 rings (SSSR count). The van der Waals surface area contributed by atoms with Gasteiger partial charge >= 0.3 is 0 Å². The Morgan fingerprint density at radius 2 is 1.94 bits per heavy atom. The molecule has 0 aliphatic heterocycles. The number of rotatable bonds is 1. The lowest BCUT2D eigenvalue weighted by molar-refractivity contribution is 0.152. The molecule has 0 radical (unpaired) electrons. The van der Waals surface area contributed by atoms with E-state index in [9.17, 15) is 5.11 Å². The maximum absolute atomic E-state index is 9.57. The van der Waals surface area contributed by atoms with Gasteiger partial charge in [-0.15, -0.1) is 0 Å². The molecule has 2 aliphatic carbocycles. The van der Waals surface area contributed by atoms with E-state index in [1.54, 1.807) is 0 Å². The van der Waals surface area contributed by atoms with Gasteiger partial charge in [-0.2, -0.15) is 0 Å². The average Bonchev–Trinajstić information content (AvgIpc) is 2.60. The van der Waals surface area contributed by atoms with E-state index < -0.39 is 0 Å². The van der Waals surface area contributed by atoms with Crippen LogP contribution in [0.25, 0.3) is 0 Å². The molecule has 0 heterocycles. The molecule has 2 saturated carbocycles. The number of phenols is 1. The van der Waals surface area contributed by atoms with Crippen molar-refractivity contribution in [3.8, 4) is 5.75 Å². The molecule has 0 spiro atoms. The molecule has 98 valence electrons. The van der Waals surface area contributed by atoms with Gasteiger partial charge in [0.15, 0.2) is 0 Å². The van der Waals surface area contributed by atoms with Gasteiger partial charge in [-0.1, -0.05) is 26.8 Å². The lowest BCUT2D eigenvalue weighted by atomic mass is 9.71. The molecule has 1 nitrogen and oxygen atoms in total. The Hall–Kier alpha value is -0.980. The quantitative estimate of drug-likeness (QED) is 0.763. The Labute approximate surface area is 110 Å². The van der Waals surface area contributed by atoms with Crippen LogP contribution in [0.15, 0.2) is 18.2 Å². The van der Waals surface area contributed by atoms with Gasteiger partial charge in [-0.3, -0.25) is 0 Å². The first-order valence-electron chi connectivity index (χ1n) is 7.15. The summed E-state index contributed by atoms with van der Waals surface area (Å²) < 4.78 is 0. The molecule has 3 unspecified atom stereocenters. The molecule has 18 heavy (non-hydrogen) atoms. The summed E-state index contributed by atoms with van der Waals surface area (Å²) in [5, 5.41) is 9.57. The summed E-state index contributed by atoms with van der Waals surface area (Å²) in [6.45, 7) is 9.53. The fraction of sp³-hybridized carbons (Fsp3) is 0.647. The highest BCUT2D eigenvalue weighted by Crippen LogP contribution is 2.70. The first-order valence-corrected chi connectivity index (χ1v) is 7.15. The maximum Gasteiger partial charge on any atom is 0.115 e. The average molecular weight is 244 g/mol. The van der Waals surface area contributed by atoms with E-state index in [0.717, 1.165) is 5.92 Å². The standard InChI is InChI=1S/C17H24O/c1-11-9-12(18)5-6-13(11)14-10-17(4)8-7-15(14)16(17,2)3/h5-6,9,14-15,18H,7-8,10H2,1-4H3. The zero-order valence-electron chi connectivity index (χ0n) is 12.0. The first kappa shape index (κ1) is 12.1. The van der Waals surface area contributed by atoms with Gasteiger partial charge in [0, 0.05) is 0 Å². The third kappa shape index (κ3) is 1.39. The Morgan fingerprint density at radius 3 is 2.44 bits per heavy atom. The minimum absolute atomic E-state index is 0.393. The minimum Gasteiger partial charge on any atom is -0.508 e. The fourth-order valence-electron chi connectivity index (χ4n) is 4.70. The van der Waals surface area contributed by atoms with Gasteiger partial charge in [-0.05, 0) is 72.1 Å². The van der Waals surface area contributed by atoms with Gasteiger partial charge in [-0.25, -0.2) is 0 Å². The number of aromatic hydroxyl groups is 1. The van der Waals surface area contributed by atoms with Crippen LogP contribution in [0.4, 0.5) is 0 Å². The van der Waals surface area contributed by atoms with E-state index in [4.69, 9.17) is 0 Å².